The zero-order chi connectivity index (χ0) is 12.6. The fourth-order valence-electron chi connectivity index (χ4n) is 2.21. The number of halogens is 1. The van der Waals surface area contributed by atoms with Gasteiger partial charge in [-0.1, -0.05) is 22.9 Å². The summed E-state index contributed by atoms with van der Waals surface area (Å²) < 4.78 is 11.5. The van der Waals surface area contributed by atoms with Crippen molar-refractivity contribution in [1.82, 2.24) is 0 Å². The van der Waals surface area contributed by atoms with Gasteiger partial charge >= 0.3 is 0 Å². The Morgan fingerprint density at radius 2 is 1.82 bits per heavy atom. The first-order valence-corrected chi connectivity index (χ1v) is 6.54. The summed E-state index contributed by atoms with van der Waals surface area (Å²) in [6.07, 6.45) is 1.21. The van der Waals surface area contributed by atoms with Gasteiger partial charge in [-0.05, 0) is 36.0 Å². The minimum absolute atomic E-state index is 0.0687. The predicted molar refractivity (Wildman–Crippen MR) is 71.4 cm³/mol. The molecule has 0 aliphatic heterocycles. The van der Waals surface area contributed by atoms with Crippen molar-refractivity contribution in [3.05, 3.63) is 22.2 Å². The molecule has 0 heterocycles. The highest BCUT2D eigenvalue weighted by atomic mass is 79.9. The van der Waals surface area contributed by atoms with E-state index in [0.29, 0.717) is 5.92 Å². The average molecular weight is 300 g/mol. The highest BCUT2D eigenvalue weighted by molar-refractivity contribution is 9.10. The lowest BCUT2D eigenvalue weighted by Crippen LogP contribution is -2.14. The maximum atomic E-state index is 6.28. The minimum Gasteiger partial charge on any atom is -0.493 e. The molecule has 0 amide bonds. The van der Waals surface area contributed by atoms with E-state index in [1.165, 1.54) is 6.42 Å². The molecule has 3 atom stereocenters. The Hall–Kier alpha value is -0.740. The lowest BCUT2D eigenvalue weighted by atomic mass is 10.0. The second kappa shape index (κ2) is 4.86. The van der Waals surface area contributed by atoms with Crippen molar-refractivity contribution < 1.29 is 9.47 Å². The van der Waals surface area contributed by atoms with E-state index < -0.39 is 0 Å². The van der Waals surface area contributed by atoms with Crippen LogP contribution < -0.4 is 15.2 Å². The third kappa shape index (κ3) is 2.43. The lowest BCUT2D eigenvalue weighted by Gasteiger charge is -2.17. The Labute approximate surface area is 110 Å². The molecule has 0 radical (unpaired) electrons. The molecule has 1 aromatic rings. The van der Waals surface area contributed by atoms with Gasteiger partial charge in [-0.15, -0.1) is 0 Å². The molecular weight excluding hydrogens is 282 g/mol. The number of benzene rings is 1. The van der Waals surface area contributed by atoms with Crippen molar-refractivity contribution in [2.45, 2.75) is 19.4 Å². The second-order valence-electron chi connectivity index (χ2n) is 4.63. The second-order valence-corrected chi connectivity index (χ2v) is 5.49. The zero-order valence-corrected chi connectivity index (χ0v) is 12.0. The van der Waals surface area contributed by atoms with Gasteiger partial charge in [0.25, 0.3) is 0 Å². The Bertz CT molecular complexity index is 422. The van der Waals surface area contributed by atoms with Gasteiger partial charge in [0, 0.05) is 10.5 Å². The average Bonchev–Trinajstić information content (AvgIpc) is 3.05. The summed E-state index contributed by atoms with van der Waals surface area (Å²) in [7, 11) is 3.27. The summed E-state index contributed by atoms with van der Waals surface area (Å²) in [6, 6.07) is 3.96. The van der Waals surface area contributed by atoms with E-state index in [2.05, 4.69) is 22.9 Å². The fourth-order valence-corrected chi connectivity index (χ4v) is 2.79. The molecule has 1 aliphatic carbocycles. The van der Waals surface area contributed by atoms with E-state index in [4.69, 9.17) is 15.2 Å². The topological polar surface area (TPSA) is 44.5 Å². The van der Waals surface area contributed by atoms with Crippen LogP contribution in [0.3, 0.4) is 0 Å². The van der Waals surface area contributed by atoms with E-state index in [-0.39, 0.29) is 6.04 Å². The number of hydrogen-bond acceptors (Lipinski definition) is 3. The van der Waals surface area contributed by atoms with Gasteiger partial charge in [-0.25, -0.2) is 0 Å². The number of rotatable bonds is 4. The number of methoxy groups -OCH3 is 2. The van der Waals surface area contributed by atoms with Crippen LogP contribution >= 0.6 is 15.9 Å². The molecule has 3 unspecified atom stereocenters. The molecule has 1 fully saturated rings. The lowest BCUT2D eigenvalue weighted by molar-refractivity contribution is 0.353. The maximum Gasteiger partial charge on any atom is 0.161 e. The van der Waals surface area contributed by atoms with Crippen molar-refractivity contribution in [2.75, 3.05) is 14.2 Å². The van der Waals surface area contributed by atoms with Gasteiger partial charge < -0.3 is 15.2 Å². The van der Waals surface area contributed by atoms with Crippen LogP contribution in [0.25, 0.3) is 0 Å². The first kappa shape index (κ1) is 12.7. The van der Waals surface area contributed by atoms with Gasteiger partial charge in [-0.2, -0.15) is 0 Å². The van der Waals surface area contributed by atoms with Gasteiger partial charge in [0.2, 0.25) is 0 Å². The summed E-state index contributed by atoms with van der Waals surface area (Å²) in [5.74, 6) is 2.77. The van der Waals surface area contributed by atoms with E-state index in [0.717, 1.165) is 27.5 Å². The van der Waals surface area contributed by atoms with Gasteiger partial charge in [0.15, 0.2) is 11.5 Å². The SMILES string of the molecule is COc1cc(Br)c(C(N)C2CC2C)cc1OC. The van der Waals surface area contributed by atoms with Crippen LogP contribution in [-0.2, 0) is 0 Å². The number of nitrogens with two attached hydrogens (primary N) is 1. The quantitative estimate of drug-likeness (QED) is 0.929. The molecule has 0 spiro atoms. The van der Waals surface area contributed by atoms with Crippen molar-refractivity contribution >= 4 is 15.9 Å². The first-order chi connectivity index (χ1) is 8.08. The van der Waals surface area contributed by atoms with Crippen LogP contribution in [0, 0.1) is 11.8 Å². The normalized spacial score (nSPS) is 24.3. The fraction of sp³-hybridized carbons (Fsp3) is 0.538. The molecular formula is C13H18BrNO2. The van der Waals surface area contributed by atoms with Crippen molar-refractivity contribution in [1.29, 1.82) is 0 Å². The molecule has 1 aliphatic rings. The molecule has 3 nitrogen and oxygen atoms in total. The van der Waals surface area contributed by atoms with Gasteiger partial charge in [-0.3, -0.25) is 0 Å². The van der Waals surface area contributed by atoms with Gasteiger partial charge in [0.1, 0.15) is 0 Å². The summed E-state index contributed by atoms with van der Waals surface area (Å²) in [6.45, 7) is 2.24. The molecule has 0 bridgehead atoms. The van der Waals surface area contributed by atoms with Crippen LogP contribution in [0.15, 0.2) is 16.6 Å². The van der Waals surface area contributed by atoms with Crippen LogP contribution in [0.2, 0.25) is 0 Å². The molecule has 1 saturated carbocycles. The molecule has 17 heavy (non-hydrogen) atoms. The predicted octanol–water partition coefficient (Wildman–Crippen LogP) is 3.12. The number of hydrogen-bond donors (Lipinski definition) is 1. The Balaban J connectivity index is 2.33. The summed E-state index contributed by atoms with van der Waals surface area (Å²) in [5, 5.41) is 0. The van der Waals surface area contributed by atoms with Crippen molar-refractivity contribution in [3.8, 4) is 11.5 Å². The zero-order valence-electron chi connectivity index (χ0n) is 10.4. The van der Waals surface area contributed by atoms with Crippen LogP contribution in [0.5, 0.6) is 11.5 Å². The smallest absolute Gasteiger partial charge is 0.161 e. The molecule has 1 aromatic carbocycles. The van der Waals surface area contributed by atoms with Crippen molar-refractivity contribution in [3.63, 3.8) is 0 Å². The highest BCUT2D eigenvalue weighted by Crippen LogP contribution is 2.48. The molecule has 94 valence electrons. The van der Waals surface area contributed by atoms with Crippen LogP contribution in [0.1, 0.15) is 24.9 Å². The monoisotopic (exact) mass is 299 g/mol. The van der Waals surface area contributed by atoms with E-state index in [1.807, 2.05) is 12.1 Å². The standard InChI is InChI=1S/C13H18BrNO2/c1-7-4-8(7)13(15)9-5-11(16-2)12(17-3)6-10(9)14/h5-8,13H,4,15H2,1-3H3. The number of ether oxygens (including phenoxy) is 2. The largest absolute Gasteiger partial charge is 0.493 e. The van der Waals surface area contributed by atoms with E-state index in [9.17, 15) is 0 Å². The summed E-state index contributed by atoms with van der Waals surface area (Å²) in [4.78, 5) is 0. The summed E-state index contributed by atoms with van der Waals surface area (Å²) in [5.41, 5.74) is 7.37. The molecule has 4 heteroatoms. The minimum atomic E-state index is 0.0687. The van der Waals surface area contributed by atoms with E-state index in [1.54, 1.807) is 14.2 Å². The molecule has 2 rings (SSSR count). The first-order valence-electron chi connectivity index (χ1n) is 5.75. The van der Waals surface area contributed by atoms with Crippen LogP contribution in [-0.4, -0.2) is 14.2 Å². The Morgan fingerprint density at radius 1 is 1.29 bits per heavy atom. The maximum absolute atomic E-state index is 6.28. The van der Waals surface area contributed by atoms with Crippen molar-refractivity contribution in [2.24, 2.45) is 17.6 Å². The third-order valence-corrected chi connectivity index (χ3v) is 4.18. The Kier molecular flexibility index (Phi) is 3.64. The highest BCUT2D eigenvalue weighted by Gasteiger charge is 2.39. The summed E-state index contributed by atoms with van der Waals surface area (Å²) >= 11 is 3.55. The molecule has 0 aromatic heterocycles. The third-order valence-electron chi connectivity index (χ3n) is 3.49. The van der Waals surface area contributed by atoms with Crippen LogP contribution in [0.4, 0.5) is 0 Å². The molecule has 2 N–H and O–H groups in total. The van der Waals surface area contributed by atoms with Gasteiger partial charge in [0.05, 0.1) is 14.2 Å². The molecule has 0 saturated heterocycles. The Morgan fingerprint density at radius 3 is 2.29 bits per heavy atom. The van der Waals surface area contributed by atoms with E-state index >= 15 is 0 Å².